The third kappa shape index (κ3) is 5.76. The maximum absolute atomic E-state index is 10.9. The monoisotopic (exact) mass is 348 g/mol. The predicted molar refractivity (Wildman–Crippen MR) is 97.6 cm³/mol. The van der Waals surface area contributed by atoms with Crippen LogP contribution in [0.2, 0.25) is 0 Å². The van der Waals surface area contributed by atoms with Crippen LogP contribution < -0.4 is 16.2 Å². The molecule has 2 aromatic carbocycles. The van der Waals surface area contributed by atoms with Crippen molar-refractivity contribution in [2.75, 3.05) is 17.7 Å². The van der Waals surface area contributed by atoms with Crippen molar-refractivity contribution in [3.8, 4) is 0 Å². The van der Waals surface area contributed by atoms with Crippen LogP contribution >= 0.6 is 24.0 Å². The molecule has 0 saturated carbocycles. The Labute approximate surface area is 143 Å². The van der Waals surface area contributed by atoms with Crippen molar-refractivity contribution in [3.63, 3.8) is 0 Å². The van der Waals surface area contributed by atoms with Gasteiger partial charge in [0.05, 0.1) is 4.92 Å². The van der Waals surface area contributed by atoms with Crippen molar-refractivity contribution in [1.29, 1.82) is 0 Å². The minimum atomic E-state index is -0.447. The van der Waals surface area contributed by atoms with Crippen LogP contribution in [0.4, 0.5) is 11.4 Å². The highest BCUT2D eigenvalue weighted by Gasteiger charge is 2.11. The minimum absolute atomic E-state index is 0.0116. The van der Waals surface area contributed by atoms with Crippen LogP contribution in [-0.4, -0.2) is 22.3 Å². The molecule has 0 unspecified atom stereocenters. The van der Waals surface area contributed by atoms with E-state index in [2.05, 4.69) is 28.3 Å². The number of hydrogen-bond donors (Lipinski definition) is 3. The van der Waals surface area contributed by atoms with Gasteiger partial charge in [0.15, 0.2) is 5.11 Å². The lowest BCUT2D eigenvalue weighted by Crippen LogP contribution is -2.39. The lowest BCUT2D eigenvalue weighted by molar-refractivity contribution is -0.384. The average Bonchev–Trinajstić information content (AvgIpc) is 2.58. The highest BCUT2D eigenvalue weighted by Crippen LogP contribution is 2.22. The molecule has 6 nitrogen and oxygen atoms in total. The van der Waals surface area contributed by atoms with E-state index in [4.69, 9.17) is 12.2 Å². The molecule has 0 fully saturated rings. The van der Waals surface area contributed by atoms with Crippen LogP contribution in [0.5, 0.6) is 0 Å². The zero-order valence-electron chi connectivity index (χ0n) is 12.2. The second kappa shape index (κ2) is 8.96. The van der Waals surface area contributed by atoms with E-state index in [9.17, 15) is 10.1 Å². The number of thioether (sulfide) groups is 1. The maximum atomic E-state index is 10.9. The lowest BCUT2D eigenvalue weighted by Gasteiger charge is -2.12. The number of para-hydroxylation sites is 2. The summed E-state index contributed by atoms with van der Waals surface area (Å²) in [4.78, 5) is 11.7. The zero-order chi connectivity index (χ0) is 16.5. The average molecular weight is 348 g/mol. The van der Waals surface area contributed by atoms with Gasteiger partial charge in [-0.05, 0) is 30.4 Å². The summed E-state index contributed by atoms with van der Waals surface area (Å²) < 4.78 is 0. The molecule has 0 aliphatic heterocycles. The Balaban J connectivity index is 1.70. The topological polar surface area (TPSA) is 79.2 Å². The van der Waals surface area contributed by atoms with Crippen molar-refractivity contribution in [2.24, 2.45) is 0 Å². The summed E-state index contributed by atoms with van der Waals surface area (Å²) in [7, 11) is 0. The van der Waals surface area contributed by atoms with Gasteiger partial charge >= 0.3 is 0 Å². The first-order valence-electron chi connectivity index (χ1n) is 6.88. The van der Waals surface area contributed by atoms with Gasteiger partial charge in [0.25, 0.3) is 5.69 Å². The number of hydrazine groups is 1. The van der Waals surface area contributed by atoms with Gasteiger partial charge in [-0.15, -0.1) is 11.8 Å². The van der Waals surface area contributed by atoms with E-state index < -0.39 is 4.92 Å². The normalized spacial score (nSPS) is 9.91. The van der Waals surface area contributed by atoms with Gasteiger partial charge in [-0.3, -0.25) is 21.0 Å². The Kier molecular flexibility index (Phi) is 6.64. The summed E-state index contributed by atoms with van der Waals surface area (Å²) in [5.41, 5.74) is 5.85. The number of nitro groups is 1. The van der Waals surface area contributed by atoms with Crippen LogP contribution in [0.3, 0.4) is 0 Å². The van der Waals surface area contributed by atoms with Crippen LogP contribution in [0.25, 0.3) is 0 Å². The zero-order valence-corrected chi connectivity index (χ0v) is 13.8. The van der Waals surface area contributed by atoms with Gasteiger partial charge in [0.1, 0.15) is 5.69 Å². The summed E-state index contributed by atoms with van der Waals surface area (Å²) in [5.74, 6) is 0.858. The summed E-state index contributed by atoms with van der Waals surface area (Å²) in [6.07, 6.45) is 0. The van der Waals surface area contributed by atoms with E-state index >= 15 is 0 Å². The van der Waals surface area contributed by atoms with Crippen LogP contribution in [0.15, 0.2) is 59.5 Å². The van der Waals surface area contributed by atoms with Gasteiger partial charge in [0.2, 0.25) is 0 Å². The Morgan fingerprint density at radius 2 is 1.83 bits per heavy atom. The third-order valence-corrected chi connectivity index (χ3v) is 4.07. The fourth-order valence-corrected chi connectivity index (χ4v) is 2.70. The standard InChI is InChI=1S/C15H16N4O2S2/c20-19(21)14-9-5-4-8-13(14)17-18-15(22)16-10-11-23-12-6-2-1-3-7-12/h1-9,17H,10-11H2,(H2,16,18,22). The quantitative estimate of drug-likeness (QED) is 0.233. The van der Waals surface area contributed by atoms with E-state index in [1.807, 2.05) is 18.2 Å². The SMILES string of the molecule is O=[N+]([O-])c1ccccc1NNC(=S)NCCSc1ccccc1. The van der Waals surface area contributed by atoms with Gasteiger partial charge < -0.3 is 5.32 Å². The second-order valence-electron chi connectivity index (χ2n) is 4.44. The number of thiocarbonyl (C=S) groups is 1. The highest BCUT2D eigenvalue weighted by atomic mass is 32.2. The summed E-state index contributed by atoms with van der Waals surface area (Å²) in [6, 6.07) is 16.4. The summed E-state index contributed by atoms with van der Waals surface area (Å²) >= 11 is 6.85. The van der Waals surface area contributed by atoms with Crippen LogP contribution in [-0.2, 0) is 0 Å². The number of nitrogens with one attached hydrogen (secondary N) is 3. The van der Waals surface area contributed by atoms with Crippen molar-refractivity contribution in [1.82, 2.24) is 10.7 Å². The van der Waals surface area contributed by atoms with Gasteiger partial charge in [-0.2, -0.15) is 0 Å². The second-order valence-corrected chi connectivity index (χ2v) is 6.02. The number of nitrogens with zero attached hydrogens (tertiary/aromatic N) is 1. The van der Waals surface area contributed by atoms with E-state index in [0.29, 0.717) is 17.3 Å². The minimum Gasteiger partial charge on any atom is -0.361 e. The molecule has 0 radical (unpaired) electrons. The Bertz CT molecular complexity index is 668. The predicted octanol–water partition coefficient (Wildman–Crippen LogP) is 3.18. The molecule has 2 rings (SSSR count). The Morgan fingerprint density at radius 1 is 1.13 bits per heavy atom. The third-order valence-electron chi connectivity index (χ3n) is 2.81. The number of rotatable bonds is 7. The molecule has 0 spiro atoms. The smallest absolute Gasteiger partial charge is 0.294 e. The van der Waals surface area contributed by atoms with Crippen molar-refractivity contribution in [2.45, 2.75) is 4.90 Å². The molecular weight excluding hydrogens is 332 g/mol. The summed E-state index contributed by atoms with van der Waals surface area (Å²) in [6.45, 7) is 0.684. The lowest BCUT2D eigenvalue weighted by atomic mass is 10.3. The number of hydrogen-bond acceptors (Lipinski definition) is 5. The first-order valence-corrected chi connectivity index (χ1v) is 8.27. The van der Waals surface area contributed by atoms with E-state index in [1.165, 1.54) is 11.0 Å². The molecule has 2 aromatic rings. The molecule has 0 amide bonds. The molecule has 120 valence electrons. The van der Waals surface area contributed by atoms with E-state index in [-0.39, 0.29) is 5.69 Å². The molecule has 3 N–H and O–H groups in total. The molecule has 23 heavy (non-hydrogen) atoms. The molecule has 0 bridgehead atoms. The largest absolute Gasteiger partial charge is 0.361 e. The number of benzene rings is 2. The van der Waals surface area contributed by atoms with E-state index in [0.717, 1.165) is 5.75 Å². The van der Waals surface area contributed by atoms with Gasteiger partial charge in [-0.25, -0.2) is 0 Å². The van der Waals surface area contributed by atoms with E-state index in [1.54, 1.807) is 30.0 Å². The van der Waals surface area contributed by atoms with Crippen molar-refractivity contribution >= 4 is 40.5 Å². The molecule has 0 aliphatic carbocycles. The molecule has 0 aliphatic rings. The summed E-state index contributed by atoms with van der Waals surface area (Å²) in [5, 5.41) is 14.3. The Morgan fingerprint density at radius 3 is 2.57 bits per heavy atom. The molecule has 8 heteroatoms. The van der Waals surface area contributed by atoms with Crippen LogP contribution in [0.1, 0.15) is 0 Å². The molecule has 0 atom stereocenters. The van der Waals surface area contributed by atoms with Gasteiger partial charge in [0, 0.05) is 23.3 Å². The molecular formula is C15H16N4O2S2. The molecule has 0 heterocycles. The highest BCUT2D eigenvalue weighted by molar-refractivity contribution is 7.99. The fourth-order valence-electron chi connectivity index (χ4n) is 1.76. The fraction of sp³-hybridized carbons (Fsp3) is 0.133. The molecule has 0 saturated heterocycles. The first kappa shape index (κ1) is 17.0. The van der Waals surface area contributed by atoms with Crippen LogP contribution in [0, 0.1) is 10.1 Å². The van der Waals surface area contributed by atoms with Crippen molar-refractivity contribution in [3.05, 3.63) is 64.7 Å². The first-order chi connectivity index (χ1) is 11.2. The number of nitro benzene ring substituents is 1. The van der Waals surface area contributed by atoms with Crippen molar-refractivity contribution < 1.29 is 4.92 Å². The van der Waals surface area contributed by atoms with Gasteiger partial charge in [-0.1, -0.05) is 30.3 Å². The molecule has 0 aromatic heterocycles. The Hall–Kier alpha value is -2.32. The number of anilines is 1. The maximum Gasteiger partial charge on any atom is 0.294 e.